The van der Waals surface area contributed by atoms with Crippen molar-refractivity contribution in [2.24, 2.45) is 0 Å². The molecule has 0 aliphatic rings. The Kier molecular flexibility index (Phi) is 7.17. The van der Waals surface area contributed by atoms with Crippen LogP contribution in [0, 0.1) is 0 Å². The van der Waals surface area contributed by atoms with Gasteiger partial charge in [0.05, 0.1) is 0 Å². The molecular formula is C12H14BrN4NaO. The zero-order valence-electron chi connectivity index (χ0n) is 11.1. The number of H-pyrrole nitrogens is 1. The Morgan fingerprint density at radius 2 is 2.21 bits per heavy atom. The minimum Gasteiger partial charge on any atom is -0.849 e. The second-order valence-corrected chi connectivity index (χ2v) is 5.01. The van der Waals surface area contributed by atoms with Crippen LogP contribution in [0.15, 0.2) is 22.7 Å². The number of benzene rings is 1. The van der Waals surface area contributed by atoms with E-state index in [-0.39, 0.29) is 29.6 Å². The molecule has 0 spiro atoms. The summed E-state index contributed by atoms with van der Waals surface area (Å²) in [5.74, 6) is 0.462. The van der Waals surface area contributed by atoms with Crippen LogP contribution in [0.5, 0.6) is 0 Å². The summed E-state index contributed by atoms with van der Waals surface area (Å²) in [6.45, 7) is 2.08. The number of tetrazole rings is 1. The third-order valence-electron chi connectivity index (χ3n) is 2.77. The van der Waals surface area contributed by atoms with Gasteiger partial charge >= 0.3 is 29.6 Å². The molecule has 1 heterocycles. The van der Waals surface area contributed by atoms with Crippen molar-refractivity contribution in [1.29, 1.82) is 0 Å². The van der Waals surface area contributed by atoms with Crippen molar-refractivity contribution in [3.05, 3.63) is 28.2 Å². The van der Waals surface area contributed by atoms with Crippen LogP contribution in [0.3, 0.4) is 0 Å². The standard InChI is InChI=1S/C12H14BrN4O.Na/c1-2-3-4-11(18)9-6-5-8(13)7-10(9)12-14-16-17-15-12;/h5-7,11H,2-4H2,1H3,(H,14,15,16,17);/q-1;+1. The average molecular weight is 333 g/mol. The maximum absolute atomic E-state index is 12.2. The van der Waals surface area contributed by atoms with Gasteiger partial charge in [-0.2, -0.15) is 5.21 Å². The zero-order valence-corrected chi connectivity index (χ0v) is 14.6. The van der Waals surface area contributed by atoms with Gasteiger partial charge in [0.25, 0.3) is 0 Å². The van der Waals surface area contributed by atoms with Crippen LogP contribution >= 0.6 is 15.9 Å². The molecule has 1 atom stereocenters. The summed E-state index contributed by atoms with van der Waals surface area (Å²) in [7, 11) is 0. The Bertz CT molecular complexity index is 506. The van der Waals surface area contributed by atoms with Gasteiger partial charge in [-0.1, -0.05) is 59.8 Å². The molecule has 0 amide bonds. The summed E-state index contributed by atoms with van der Waals surface area (Å²) < 4.78 is 0.897. The van der Waals surface area contributed by atoms with Gasteiger partial charge in [0.15, 0.2) is 0 Å². The van der Waals surface area contributed by atoms with E-state index in [2.05, 4.69) is 43.5 Å². The molecule has 19 heavy (non-hydrogen) atoms. The van der Waals surface area contributed by atoms with E-state index in [9.17, 15) is 5.11 Å². The van der Waals surface area contributed by atoms with E-state index >= 15 is 0 Å². The fraction of sp³-hybridized carbons (Fsp3) is 0.417. The molecule has 1 aromatic heterocycles. The van der Waals surface area contributed by atoms with Crippen LogP contribution in [-0.2, 0) is 0 Å². The van der Waals surface area contributed by atoms with Crippen LogP contribution in [-0.4, -0.2) is 20.6 Å². The first kappa shape index (κ1) is 16.8. The van der Waals surface area contributed by atoms with Crippen molar-refractivity contribution in [3.63, 3.8) is 0 Å². The molecule has 1 N–H and O–H groups in total. The number of hydrogen-bond donors (Lipinski definition) is 1. The molecule has 0 fully saturated rings. The maximum Gasteiger partial charge on any atom is 1.00 e. The van der Waals surface area contributed by atoms with E-state index in [0.29, 0.717) is 12.2 Å². The van der Waals surface area contributed by atoms with Crippen molar-refractivity contribution in [1.82, 2.24) is 20.6 Å². The number of aromatic amines is 1. The average Bonchev–Trinajstić information content (AvgIpc) is 2.89. The van der Waals surface area contributed by atoms with Gasteiger partial charge in [0, 0.05) is 10.0 Å². The van der Waals surface area contributed by atoms with Gasteiger partial charge in [-0.3, -0.25) is 0 Å². The van der Waals surface area contributed by atoms with Gasteiger partial charge in [0.2, 0.25) is 5.82 Å². The predicted octanol–water partition coefficient (Wildman–Crippen LogP) is -0.775. The third-order valence-corrected chi connectivity index (χ3v) is 3.26. The summed E-state index contributed by atoms with van der Waals surface area (Å²) in [6.07, 6.45) is 1.83. The molecule has 96 valence electrons. The molecule has 0 aliphatic carbocycles. The largest absolute Gasteiger partial charge is 1.00 e. The number of unbranched alkanes of at least 4 members (excludes halogenated alkanes) is 1. The monoisotopic (exact) mass is 332 g/mol. The van der Waals surface area contributed by atoms with E-state index in [0.717, 1.165) is 28.4 Å². The van der Waals surface area contributed by atoms with Crippen LogP contribution in [0.2, 0.25) is 0 Å². The van der Waals surface area contributed by atoms with Gasteiger partial charge in [-0.15, -0.1) is 10.2 Å². The van der Waals surface area contributed by atoms with E-state index in [4.69, 9.17) is 0 Å². The molecular weight excluding hydrogens is 319 g/mol. The van der Waals surface area contributed by atoms with Crippen molar-refractivity contribution in [2.45, 2.75) is 32.3 Å². The van der Waals surface area contributed by atoms with E-state index in [1.54, 1.807) is 0 Å². The molecule has 2 rings (SSSR count). The van der Waals surface area contributed by atoms with Crippen LogP contribution in [0.1, 0.15) is 37.9 Å². The van der Waals surface area contributed by atoms with Crippen molar-refractivity contribution in [2.75, 3.05) is 0 Å². The van der Waals surface area contributed by atoms with Crippen LogP contribution < -0.4 is 34.7 Å². The first-order chi connectivity index (χ1) is 8.72. The Morgan fingerprint density at radius 3 is 2.84 bits per heavy atom. The number of nitrogens with one attached hydrogen (secondary N) is 1. The van der Waals surface area contributed by atoms with Crippen molar-refractivity contribution < 1.29 is 34.7 Å². The fourth-order valence-electron chi connectivity index (χ4n) is 1.82. The molecule has 2 aromatic rings. The van der Waals surface area contributed by atoms with E-state index in [1.807, 2.05) is 18.2 Å². The molecule has 1 aromatic carbocycles. The molecule has 0 aliphatic heterocycles. The normalized spacial score (nSPS) is 11.9. The van der Waals surface area contributed by atoms with Crippen molar-refractivity contribution in [3.8, 4) is 11.4 Å². The van der Waals surface area contributed by atoms with Crippen molar-refractivity contribution >= 4 is 15.9 Å². The molecule has 7 heteroatoms. The Balaban J connectivity index is 0.00000180. The van der Waals surface area contributed by atoms with E-state index in [1.165, 1.54) is 0 Å². The molecule has 1 unspecified atom stereocenters. The fourth-order valence-corrected chi connectivity index (χ4v) is 2.18. The molecule has 5 nitrogen and oxygen atoms in total. The molecule has 0 bridgehead atoms. The Morgan fingerprint density at radius 1 is 1.42 bits per heavy atom. The summed E-state index contributed by atoms with van der Waals surface area (Å²) in [4.78, 5) is 0. The minimum atomic E-state index is -0.744. The first-order valence-electron chi connectivity index (χ1n) is 5.91. The molecule has 0 radical (unpaired) electrons. The smallest absolute Gasteiger partial charge is 0.849 e. The van der Waals surface area contributed by atoms with Gasteiger partial charge < -0.3 is 5.11 Å². The number of aromatic nitrogens is 4. The van der Waals surface area contributed by atoms with E-state index < -0.39 is 6.10 Å². The maximum atomic E-state index is 12.2. The van der Waals surface area contributed by atoms with Crippen LogP contribution in [0.4, 0.5) is 0 Å². The first-order valence-corrected chi connectivity index (χ1v) is 6.70. The topological polar surface area (TPSA) is 77.5 Å². The summed E-state index contributed by atoms with van der Waals surface area (Å²) >= 11 is 3.40. The number of hydrogen-bond acceptors (Lipinski definition) is 4. The number of rotatable bonds is 5. The predicted molar refractivity (Wildman–Crippen MR) is 69.6 cm³/mol. The second kappa shape index (κ2) is 8.11. The van der Waals surface area contributed by atoms with Gasteiger partial charge in [0.1, 0.15) is 0 Å². The Labute approximate surface area is 142 Å². The number of halogens is 1. The summed E-state index contributed by atoms with van der Waals surface area (Å²) in [5, 5.41) is 26.0. The minimum absolute atomic E-state index is 0. The second-order valence-electron chi connectivity index (χ2n) is 4.10. The van der Waals surface area contributed by atoms with Gasteiger partial charge in [-0.25, -0.2) is 0 Å². The molecule has 0 saturated heterocycles. The third kappa shape index (κ3) is 4.36. The zero-order chi connectivity index (χ0) is 13.0. The summed E-state index contributed by atoms with van der Waals surface area (Å²) in [6, 6.07) is 5.57. The number of nitrogens with zero attached hydrogens (tertiary/aromatic N) is 3. The van der Waals surface area contributed by atoms with Gasteiger partial charge in [-0.05, 0) is 17.3 Å². The summed E-state index contributed by atoms with van der Waals surface area (Å²) in [5.41, 5.74) is 1.47. The van der Waals surface area contributed by atoms with Crippen LogP contribution in [0.25, 0.3) is 11.4 Å². The SMILES string of the molecule is CCCCC([O-])c1ccc(Br)cc1-c1nn[nH]n1.[Na+]. The Hall–Kier alpha value is -0.270. The quantitative estimate of drug-likeness (QED) is 0.729. The molecule has 0 saturated carbocycles.